The molecular weight excluding hydrogens is 706 g/mol. The fourth-order valence-corrected chi connectivity index (χ4v) is 9.91. The van der Waals surface area contributed by atoms with Gasteiger partial charge in [0, 0.05) is 43.9 Å². The number of phenols is 1. The summed E-state index contributed by atoms with van der Waals surface area (Å²) in [5.74, 6) is -0.714. The van der Waals surface area contributed by atoms with Crippen LogP contribution in [-0.4, -0.2) is 108 Å². The normalized spacial score (nSPS) is 26.2. The predicted molar refractivity (Wildman–Crippen MR) is 206 cm³/mol. The average Bonchev–Trinajstić information content (AvgIpc) is 3.15. The second-order valence-electron chi connectivity index (χ2n) is 17.0. The summed E-state index contributed by atoms with van der Waals surface area (Å²) >= 11 is 0. The molecule has 0 spiro atoms. The molecule has 2 saturated heterocycles. The first-order chi connectivity index (χ1) is 26.4. The summed E-state index contributed by atoms with van der Waals surface area (Å²) in [6.07, 6.45) is 6.69. The minimum atomic E-state index is -1.12. The van der Waals surface area contributed by atoms with Crippen LogP contribution in [0.1, 0.15) is 115 Å². The Kier molecular flexibility index (Phi) is 15.6. The number of piperidine rings is 2. The highest BCUT2D eigenvalue weighted by molar-refractivity contribution is 5.90. The van der Waals surface area contributed by atoms with Gasteiger partial charge in [-0.25, -0.2) is 4.79 Å². The molecule has 8 unspecified atom stereocenters. The second-order valence-corrected chi connectivity index (χ2v) is 17.0. The molecule has 8 atom stereocenters. The number of likely N-dealkylation sites (N-methyl/N-ethyl adjacent to an activating group) is 1. The highest BCUT2D eigenvalue weighted by atomic mass is 16.6. The number of rotatable bonds is 19. The van der Waals surface area contributed by atoms with Gasteiger partial charge in [0.15, 0.2) is 11.5 Å². The standard InChI is InChI=1S/C42H67N3O10/c1-27(47)7-8-30(9-12-33(49)25-43-3)36(54-28(2)48)23-37(55-40(52)42-16-5-4-6-32(42)11-14-38(51)45-42)41(17-19-44-20-18-41)24-31-10-13-35(50)39-34(31)22-29(15-21-46)26-53-39/h10,13,27,29-30,32-33,36-37,43-44,46-47,49-50H,4-9,11-12,14-26H2,1-3H3,(H,45,51). The van der Waals surface area contributed by atoms with E-state index < -0.39 is 47.3 Å². The molecule has 1 aromatic rings. The molecule has 0 aromatic heterocycles. The third-order valence-electron chi connectivity index (χ3n) is 13.0. The molecule has 3 heterocycles. The minimum absolute atomic E-state index is 0.0301. The van der Waals surface area contributed by atoms with Crippen LogP contribution >= 0.6 is 0 Å². The number of hydrogen-bond acceptors (Lipinski definition) is 12. The number of phenolic OH excluding ortho intramolecular Hbond substituents is 1. The van der Waals surface area contributed by atoms with E-state index in [1.807, 2.05) is 6.07 Å². The number of esters is 2. The molecule has 1 saturated carbocycles. The number of nitrogens with one attached hydrogen (secondary N) is 3. The number of hydrogen-bond donors (Lipinski definition) is 7. The molecule has 55 heavy (non-hydrogen) atoms. The first-order valence-corrected chi connectivity index (χ1v) is 20.9. The van der Waals surface area contributed by atoms with Gasteiger partial charge in [0.2, 0.25) is 5.91 Å². The van der Waals surface area contributed by atoms with E-state index in [-0.39, 0.29) is 42.4 Å². The van der Waals surface area contributed by atoms with Crippen LogP contribution in [0.25, 0.3) is 0 Å². The van der Waals surface area contributed by atoms with Crippen molar-refractivity contribution in [3.8, 4) is 11.5 Å². The summed E-state index contributed by atoms with van der Waals surface area (Å²) < 4.78 is 19.2. The lowest BCUT2D eigenvalue weighted by atomic mass is 9.66. The fourth-order valence-electron chi connectivity index (χ4n) is 9.91. The van der Waals surface area contributed by atoms with Crippen molar-refractivity contribution in [2.75, 3.05) is 39.9 Å². The van der Waals surface area contributed by atoms with Gasteiger partial charge >= 0.3 is 11.9 Å². The van der Waals surface area contributed by atoms with E-state index in [0.29, 0.717) is 109 Å². The maximum Gasteiger partial charge on any atom is 0.332 e. The van der Waals surface area contributed by atoms with Crippen molar-refractivity contribution in [1.29, 1.82) is 0 Å². The molecule has 310 valence electrons. The lowest BCUT2D eigenvalue weighted by molar-refractivity contribution is -0.179. The Morgan fingerprint density at radius 1 is 1.05 bits per heavy atom. The van der Waals surface area contributed by atoms with Crippen molar-refractivity contribution in [2.24, 2.45) is 23.2 Å². The summed E-state index contributed by atoms with van der Waals surface area (Å²) in [4.78, 5) is 40.8. The molecule has 7 N–H and O–H groups in total. The molecule has 0 bridgehead atoms. The molecule has 1 aromatic carbocycles. The van der Waals surface area contributed by atoms with Crippen molar-refractivity contribution in [3.63, 3.8) is 0 Å². The maximum absolute atomic E-state index is 14.9. The smallest absolute Gasteiger partial charge is 0.332 e. The van der Waals surface area contributed by atoms with Crippen LogP contribution in [-0.2, 0) is 36.7 Å². The Balaban J connectivity index is 1.58. The number of aromatic hydroxyl groups is 1. The van der Waals surface area contributed by atoms with Gasteiger partial charge in [-0.15, -0.1) is 0 Å². The molecular formula is C42H67N3O10. The Bertz CT molecular complexity index is 1430. The van der Waals surface area contributed by atoms with Gasteiger partial charge in [-0.05, 0) is 133 Å². The Hall–Kier alpha value is -2.97. The van der Waals surface area contributed by atoms with E-state index >= 15 is 0 Å². The van der Waals surface area contributed by atoms with Crippen molar-refractivity contribution in [3.05, 3.63) is 23.3 Å². The van der Waals surface area contributed by atoms with Gasteiger partial charge in [0.25, 0.3) is 0 Å². The van der Waals surface area contributed by atoms with Crippen molar-refractivity contribution >= 4 is 17.8 Å². The summed E-state index contributed by atoms with van der Waals surface area (Å²) in [6.45, 7) is 5.29. The van der Waals surface area contributed by atoms with Crippen LogP contribution in [0, 0.1) is 23.2 Å². The van der Waals surface area contributed by atoms with Gasteiger partial charge in [-0.1, -0.05) is 18.9 Å². The van der Waals surface area contributed by atoms with Gasteiger partial charge in [-0.2, -0.15) is 0 Å². The van der Waals surface area contributed by atoms with Gasteiger partial charge in [-0.3, -0.25) is 9.59 Å². The lowest BCUT2D eigenvalue weighted by Crippen LogP contribution is -2.65. The zero-order chi connectivity index (χ0) is 39.6. The quantitative estimate of drug-likeness (QED) is 0.101. The van der Waals surface area contributed by atoms with Crippen molar-refractivity contribution < 1.29 is 49.0 Å². The highest BCUT2D eigenvalue weighted by Crippen LogP contribution is 2.48. The van der Waals surface area contributed by atoms with E-state index in [2.05, 4.69) is 16.0 Å². The van der Waals surface area contributed by atoms with Crippen LogP contribution in [0.15, 0.2) is 12.1 Å². The van der Waals surface area contributed by atoms with Gasteiger partial charge < -0.3 is 50.6 Å². The SMILES string of the molecule is CNCC(O)CCC(CCC(C)O)C(CC(OC(=O)C12CCCCC1CCC(=O)N2)C1(Cc2ccc(O)c3c2CC(CCO)CO3)CCNCC1)OC(C)=O. The first-order valence-electron chi connectivity index (χ1n) is 20.9. The molecule has 1 aliphatic carbocycles. The molecule has 3 fully saturated rings. The minimum Gasteiger partial charge on any atom is -0.504 e. The molecule has 4 aliphatic rings. The topological polar surface area (TPSA) is 196 Å². The average molecular weight is 774 g/mol. The lowest BCUT2D eigenvalue weighted by Gasteiger charge is -2.49. The van der Waals surface area contributed by atoms with E-state index in [0.717, 1.165) is 30.4 Å². The fraction of sp³-hybridized carbons (Fsp3) is 0.786. The van der Waals surface area contributed by atoms with E-state index in [1.54, 1.807) is 20.0 Å². The zero-order valence-corrected chi connectivity index (χ0v) is 33.3. The summed E-state index contributed by atoms with van der Waals surface area (Å²) in [7, 11) is 1.78. The van der Waals surface area contributed by atoms with E-state index in [9.17, 15) is 34.8 Å². The van der Waals surface area contributed by atoms with Crippen molar-refractivity contribution in [1.82, 2.24) is 16.0 Å². The van der Waals surface area contributed by atoms with Gasteiger partial charge in [0.1, 0.15) is 17.7 Å². The number of fused-ring (bicyclic) bond motifs is 2. The van der Waals surface area contributed by atoms with Crippen LogP contribution in [0.2, 0.25) is 0 Å². The summed E-state index contributed by atoms with van der Waals surface area (Å²) in [5.41, 5.74) is 0.113. The monoisotopic (exact) mass is 773 g/mol. The molecule has 13 heteroatoms. The Labute approximate surface area is 326 Å². The van der Waals surface area contributed by atoms with Gasteiger partial charge in [0.05, 0.1) is 18.8 Å². The van der Waals surface area contributed by atoms with Crippen LogP contribution in [0.4, 0.5) is 0 Å². The highest BCUT2D eigenvalue weighted by Gasteiger charge is 2.54. The molecule has 13 nitrogen and oxygen atoms in total. The largest absolute Gasteiger partial charge is 0.504 e. The molecule has 5 rings (SSSR count). The Morgan fingerprint density at radius 3 is 2.53 bits per heavy atom. The third-order valence-corrected chi connectivity index (χ3v) is 13.0. The maximum atomic E-state index is 14.9. The number of aliphatic hydroxyl groups excluding tert-OH is 3. The molecule has 3 aliphatic heterocycles. The number of carbonyl (C=O) groups excluding carboxylic acids is 3. The molecule has 0 radical (unpaired) electrons. The first kappa shape index (κ1) is 43.2. The number of aliphatic hydroxyl groups is 3. The number of carbonyl (C=O) groups is 3. The van der Waals surface area contributed by atoms with Crippen LogP contribution in [0.5, 0.6) is 11.5 Å². The number of ether oxygens (including phenoxy) is 3. The summed E-state index contributed by atoms with van der Waals surface area (Å²) in [6, 6.07) is 3.58. The number of amides is 1. The van der Waals surface area contributed by atoms with E-state index in [1.165, 1.54) is 6.92 Å². The number of benzene rings is 1. The third kappa shape index (κ3) is 10.9. The Morgan fingerprint density at radius 2 is 1.82 bits per heavy atom. The van der Waals surface area contributed by atoms with Crippen molar-refractivity contribution in [2.45, 2.75) is 147 Å². The van der Waals surface area contributed by atoms with Crippen LogP contribution < -0.4 is 20.7 Å². The summed E-state index contributed by atoms with van der Waals surface area (Å²) in [5, 5.41) is 51.3. The van der Waals surface area contributed by atoms with Crippen LogP contribution in [0.3, 0.4) is 0 Å². The van der Waals surface area contributed by atoms with E-state index in [4.69, 9.17) is 14.2 Å². The molecule has 1 amide bonds. The predicted octanol–water partition coefficient (Wildman–Crippen LogP) is 3.45. The zero-order valence-electron chi connectivity index (χ0n) is 33.3. The second kappa shape index (κ2) is 19.9.